The number of hydrogen-bond donors (Lipinski definition) is 1. The van der Waals surface area contributed by atoms with Crippen molar-refractivity contribution in [2.75, 3.05) is 34.2 Å². The molecule has 1 unspecified atom stereocenters. The molecule has 21 heavy (non-hydrogen) atoms. The lowest BCUT2D eigenvalue weighted by Gasteiger charge is -2.35. The minimum absolute atomic E-state index is 0.300. The third-order valence-electron chi connectivity index (χ3n) is 4.01. The summed E-state index contributed by atoms with van der Waals surface area (Å²) in [5.74, 6) is 0. The first-order valence-corrected chi connectivity index (χ1v) is 8.79. The van der Waals surface area contributed by atoms with Gasteiger partial charge in [-0.1, -0.05) is 12.1 Å². The zero-order valence-electron chi connectivity index (χ0n) is 13.0. The van der Waals surface area contributed by atoms with E-state index in [0.717, 1.165) is 18.4 Å². The Labute approximate surface area is 128 Å². The summed E-state index contributed by atoms with van der Waals surface area (Å²) in [6.07, 6.45) is 1.97. The van der Waals surface area contributed by atoms with E-state index in [0.29, 0.717) is 30.6 Å². The molecule has 5 nitrogen and oxygen atoms in total. The number of benzene rings is 1. The number of rotatable bonds is 5. The van der Waals surface area contributed by atoms with Gasteiger partial charge in [-0.3, -0.25) is 0 Å². The predicted octanol–water partition coefficient (Wildman–Crippen LogP) is 1.12. The van der Waals surface area contributed by atoms with Gasteiger partial charge in [0, 0.05) is 25.7 Å². The molecule has 0 saturated carbocycles. The van der Waals surface area contributed by atoms with Crippen LogP contribution in [-0.4, -0.2) is 57.9 Å². The van der Waals surface area contributed by atoms with Gasteiger partial charge in [-0.15, -0.1) is 0 Å². The van der Waals surface area contributed by atoms with Crippen LogP contribution in [0.3, 0.4) is 0 Å². The third kappa shape index (κ3) is 3.83. The molecule has 0 radical (unpaired) electrons. The molecule has 1 aromatic carbocycles. The monoisotopic (exact) mass is 311 g/mol. The van der Waals surface area contributed by atoms with Crippen LogP contribution in [0.5, 0.6) is 0 Å². The molecular formula is C15H25N3O2S. The number of likely N-dealkylation sites (N-methyl/N-ethyl adjacent to an activating group) is 1. The average molecular weight is 311 g/mol. The summed E-state index contributed by atoms with van der Waals surface area (Å²) < 4.78 is 27.2. The highest BCUT2D eigenvalue weighted by Gasteiger charge is 2.31. The molecule has 1 N–H and O–H groups in total. The van der Waals surface area contributed by atoms with E-state index in [-0.39, 0.29) is 0 Å². The number of hydrogen-bond acceptors (Lipinski definition) is 4. The summed E-state index contributed by atoms with van der Waals surface area (Å²) in [4.78, 5) is 2.51. The van der Waals surface area contributed by atoms with Gasteiger partial charge in [-0.05, 0) is 51.7 Å². The maximum atomic E-state index is 12.8. The molecule has 0 amide bonds. The normalized spacial score (nSPS) is 20.9. The highest BCUT2D eigenvalue weighted by Crippen LogP contribution is 2.23. The molecule has 1 fully saturated rings. The molecule has 2 rings (SSSR count). The number of sulfonamides is 1. The van der Waals surface area contributed by atoms with Crippen molar-refractivity contribution in [3.05, 3.63) is 29.8 Å². The van der Waals surface area contributed by atoms with Crippen LogP contribution in [0.4, 0.5) is 0 Å². The SMILES string of the molecule is CNCc1cccc(S(=O)(=O)N2CCCC(N(C)C)C2)c1. The molecule has 1 heterocycles. The highest BCUT2D eigenvalue weighted by atomic mass is 32.2. The van der Waals surface area contributed by atoms with Crippen molar-refractivity contribution in [1.82, 2.24) is 14.5 Å². The van der Waals surface area contributed by atoms with Gasteiger partial charge in [-0.25, -0.2) is 8.42 Å². The molecule has 0 bridgehead atoms. The van der Waals surface area contributed by atoms with E-state index in [4.69, 9.17) is 0 Å². The summed E-state index contributed by atoms with van der Waals surface area (Å²) >= 11 is 0. The summed E-state index contributed by atoms with van der Waals surface area (Å²) in [5.41, 5.74) is 0.986. The highest BCUT2D eigenvalue weighted by molar-refractivity contribution is 7.89. The van der Waals surface area contributed by atoms with E-state index in [1.54, 1.807) is 16.4 Å². The predicted molar refractivity (Wildman–Crippen MR) is 84.7 cm³/mol. The molecule has 0 spiro atoms. The van der Waals surface area contributed by atoms with E-state index in [2.05, 4.69) is 10.2 Å². The van der Waals surface area contributed by atoms with Crippen LogP contribution in [-0.2, 0) is 16.6 Å². The lowest BCUT2D eigenvalue weighted by molar-refractivity contribution is 0.190. The molecule has 1 atom stereocenters. The van der Waals surface area contributed by atoms with Crippen LogP contribution < -0.4 is 5.32 Å². The van der Waals surface area contributed by atoms with Gasteiger partial charge < -0.3 is 10.2 Å². The van der Waals surface area contributed by atoms with E-state index in [9.17, 15) is 8.42 Å². The standard InChI is InChI=1S/C15H25N3O2S/c1-16-11-13-6-4-8-15(10-13)21(19,20)18-9-5-7-14(12-18)17(2)3/h4,6,8,10,14,16H,5,7,9,11-12H2,1-3H3. The summed E-state index contributed by atoms with van der Waals surface area (Å²) in [6.45, 7) is 1.86. The Hall–Kier alpha value is -0.950. The minimum Gasteiger partial charge on any atom is -0.316 e. The first kappa shape index (κ1) is 16.4. The van der Waals surface area contributed by atoms with Crippen LogP contribution in [0, 0.1) is 0 Å². The number of nitrogens with zero attached hydrogens (tertiary/aromatic N) is 2. The first-order chi connectivity index (χ1) is 9.95. The van der Waals surface area contributed by atoms with Crippen molar-refractivity contribution in [2.45, 2.75) is 30.3 Å². The average Bonchev–Trinajstić information content (AvgIpc) is 2.48. The maximum Gasteiger partial charge on any atom is 0.243 e. The minimum atomic E-state index is -3.39. The number of nitrogens with one attached hydrogen (secondary N) is 1. The Morgan fingerprint density at radius 2 is 2.14 bits per heavy atom. The van der Waals surface area contributed by atoms with Crippen molar-refractivity contribution >= 4 is 10.0 Å². The Balaban J connectivity index is 2.22. The smallest absolute Gasteiger partial charge is 0.243 e. The van der Waals surface area contributed by atoms with Gasteiger partial charge >= 0.3 is 0 Å². The van der Waals surface area contributed by atoms with Gasteiger partial charge in [0.15, 0.2) is 0 Å². The second-order valence-corrected chi connectivity index (χ2v) is 7.74. The molecule has 0 aromatic heterocycles. The van der Waals surface area contributed by atoms with Gasteiger partial charge in [0.2, 0.25) is 10.0 Å². The Bertz CT molecular complexity index is 572. The zero-order valence-corrected chi connectivity index (χ0v) is 13.9. The van der Waals surface area contributed by atoms with Gasteiger partial charge in [0.05, 0.1) is 4.90 Å². The van der Waals surface area contributed by atoms with Crippen molar-refractivity contribution in [1.29, 1.82) is 0 Å². The fourth-order valence-electron chi connectivity index (χ4n) is 2.73. The second-order valence-electron chi connectivity index (χ2n) is 5.80. The van der Waals surface area contributed by atoms with E-state index < -0.39 is 10.0 Å². The molecule has 118 valence electrons. The molecular weight excluding hydrogens is 286 g/mol. The zero-order chi connectivity index (χ0) is 15.5. The van der Waals surface area contributed by atoms with Crippen LogP contribution in [0.1, 0.15) is 18.4 Å². The molecule has 1 saturated heterocycles. The molecule has 1 aliphatic heterocycles. The van der Waals surface area contributed by atoms with Crippen LogP contribution in [0.15, 0.2) is 29.2 Å². The van der Waals surface area contributed by atoms with Crippen LogP contribution in [0.25, 0.3) is 0 Å². The lowest BCUT2D eigenvalue weighted by Crippen LogP contribution is -2.47. The molecule has 6 heteroatoms. The van der Waals surface area contributed by atoms with Crippen LogP contribution in [0.2, 0.25) is 0 Å². The quantitative estimate of drug-likeness (QED) is 0.885. The van der Waals surface area contributed by atoms with Gasteiger partial charge in [0.25, 0.3) is 0 Å². The van der Waals surface area contributed by atoms with Crippen molar-refractivity contribution in [3.8, 4) is 0 Å². The molecule has 1 aliphatic rings. The Morgan fingerprint density at radius 1 is 1.38 bits per heavy atom. The Morgan fingerprint density at radius 3 is 2.81 bits per heavy atom. The van der Waals surface area contributed by atoms with Gasteiger partial charge in [0.1, 0.15) is 0 Å². The van der Waals surface area contributed by atoms with Crippen molar-refractivity contribution < 1.29 is 8.42 Å². The first-order valence-electron chi connectivity index (χ1n) is 7.35. The summed E-state index contributed by atoms with van der Waals surface area (Å²) in [6, 6.07) is 7.51. The molecule has 0 aliphatic carbocycles. The van der Waals surface area contributed by atoms with Crippen molar-refractivity contribution in [3.63, 3.8) is 0 Å². The van der Waals surface area contributed by atoms with Crippen LogP contribution >= 0.6 is 0 Å². The summed E-state index contributed by atoms with van der Waals surface area (Å²) in [5, 5.41) is 3.05. The summed E-state index contributed by atoms with van der Waals surface area (Å²) in [7, 11) is 2.48. The molecule has 1 aromatic rings. The third-order valence-corrected chi connectivity index (χ3v) is 5.87. The van der Waals surface area contributed by atoms with E-state index in [1.165, 1.54) is 0 Å². The lowest BCUT2D eigenvalue weighted by atomic mass is 10.1. The van der Waals surface area contributed by atoms with E-state index in [1.807, 2.05) is 33.3 Å². The topological polar surface area (TPSA) is 52.7 Å². The number of piperidine rings is 1. The Kier molecular flexibility index (Phi) is 5.37. The van der Waals surface area contributed by atoms with Gasteiger partial charge in [-0.2, -0.15) is 4.31 Å². The van der Waals surface area contributed by atoms with Crippen molar-refractivity contribution in [2.24, 2.45) is 0 Å². The fourth-order valence-corrected chi connectivity index (χ4v) is 4.32. The second kappa shape index (κ2) is 6.87. The largest absolute Gasteiger partial charge is 0.316 e. The maximum absolute atomic E-state index is 12.8. The fraction of sp³-hybridized carbons (Fsp3) is 0.600. The van der Waals surface area contributed by atoms with E-state index >= 15 is 0 Å².